The number of nitro benzene ring substituents is 1. The van der Waals surface area contributed by atoms with Gasteiger partial charge in [-0.1, -0.05) is 35.6 Å². The van der Waals surface area contributed by atoms with Crippen molar-refractivity contribution < 1.29 is 18.1 Å². The summed E-state index contributed by atoms with van der Waals surface area (Å²) in [6.45, 7) is 0.716. The number of sulfonamides is 1. The number of rotatable bonds is 5. The molecule has 9 nitrogen and oxygen atoms in total. The van der Waals surface area contributed by atoms with Crippen LogP contribution in [-0.4, -0.2) is 35.1 Å². The van der Waals surface area contributed by atoms with E-state index in [1.807, 2.05) is 24.3 Å². The van der Waals surface area contributed by atoms with Gasteiger partial charge >= 0.3 is 0 Å². The highest BCUT2D eigenvalue weighted by atomic mass is 32.2. The smallest absolute Gasteiger partial charge is 0.271 e. The Morgan fingerprint density at radius 2 is 1.79 bits per heavy atom. The van der Waals surface area contributed by atoms with Gasteiger partial charge in [0.1, 0.15) is 0 Å². The summed E-state index contributed by atoms with van der Waals surface area (Å²) in [5.74, 6) is -0.454. The highest BCUT2D eigenvalue weighted by Crippen LogP contribution is 2.29. The molecule has 1 aliphatic heterocycles. The van der Waals surface area contributed by atoms with Gasteiger partial charge in [-0.3, -0.25) is 20.2 Å². The van der Waals surface area contributed by atoms with Crippen LogP contribution in [0.2, 0.25) is 0 Å². The summed E-state index contributed by atoms with van der Waals surface area (Å²) < 4.78 is 28.4. The minimum Gasteiger partial charge on any atom is -0.298 e. The second-order valence-corrected chi connectivity index (χ2v) is 10.7. The van der Waals surface area contributed by atoms with Crippen LogP contribution < -0.4 is 5.32 Å². The van der Waals surface area contributed by atoms with Crippen molar-refractivity contribution in [1.29, 1.82) is 0 Å². The molecule has 3 aromatic carbocycles. The summed E-state index contributed by atoms with van der Waals surface area (Å²) in [4.78, 5) is 27.4. The average molecular weight is 495 g/mol. The predicted molar refractivity (Wildman–Crippen MR) is 128 cm³/mol. The van der Waals surface area contributed by atoms with Crippen LogP contribution in [0.3, 0.4) is 0 Å². The molecule has 0 unspecified atom stereocenters. The molecule has 1 aliphatic rings. The third kappa shape index (κ3) is 4.16. The molecule has 5 rings (SSSR count). The second-order valence-electron chi connectivity index (χ2n) is 7.76. The molecule has 172 valence electrons. The quantitative estimate of drug-likeness (QED) is 0.328. The summed E-state index contributed by atoms with van der Waals surface area (Å²) in [5.41, 5.74) is 2.76. The summed E-state index contributed by atoms with van der Waals surface area (Å²) >= 11 is 1.19. The minimum absolute atomic E-state index is 0.0790. The number of fused-ring (bicyclic) bond motifs is 2. The molecular formula is C23H18N4O5S2. The van der Waals surface area contributed by atoms with Gasteiger partial charge in [-0.05, 0) is 47.9 Å². The maximum Gasteiger partial charge on any atom is 0.271 e. The van der Waals surface area contributed by atoms with Gasteiger partial charge in [0.2, 0.25) is 10.0 Å². The Kier molecular flexibility index (Phi) is 5.60. The van der Waals surface area contributed by atoms with E-state index >= 15 is 0 Å². The zero-order valence-corrected chi connectivity index (χ0v) is 19.3. The van der Waals surface area contributed by atoms with Crippen molar-refractivity contribution in [3.05, 3.63) is 93.5 Å². The van der Waals surface area contributed by atoms with E-state index in [1.165, 1.54) is 52.0 Å². The van der Waals surface area contributed by atoms with Crippen LogP contribution in [0.25, 0.3) is 10.2 Å². The van der Waals surface area contributed by atoms with Crippen molar-refractivity contribution in [2.75, 3.05) is 11.9 Å². The van der Waals surface area contributed by atoms with E-state index in [1.54, 1.807) is 6.07 Å². The van der Waals surface area contributed by atoms with E-state index in [0.29, 0.717) is 34.9 Å². The summed E-state index contributed by atoms with van der Waals surface area (Å²) in [6, 6.07) is 17.9. The topological polar surface area (TPSA) is 123 Å². The lowest BCUT2D eigenvalue weighted by Gasteiger charge is -2.28. The molecule has 0 radical (unpaired) electrons. The Balaban J connectivity index is 1.31. The Hall–Kier alpha value is -3.67. The average Bonchev–Trinajstić information content (AvgIpc) is 3.25. The predicted octanol–water partition coefficient (Wildman–Crippen LogP) is 4.20. The van der Waals surface area contributed by atoms with Crippen LogP contribution in [0.15, 0.2) is 71.6 Å². The fourth-order valence-electron chi connectivity index (χ4n) is 3.85. The third-order valence-electron chi connectivity index (χ3n) is 5.65. The Bertz CT molecular complexity index is 1530. The molecule has 0 atom stereocenters. The molecule has 1 aromatic heterocycles. The van der Waals surface area contributed by atoms with Gasteiger partial charge in [-0.25, -0.2) is 13.4 Å². The molecule has 34 heavy (non-hydrogen) atoms. The van der Waals surface area contributed by atoms with E-state index in [2.05, 4.69) is 10.3 Å². The maximum atomic E-state index is 13.1. The number of non-ortho nitro benzene ring substituents is 1. The first kappa shape index (κ1) is 22.1. The van der Waals surface area contributed by atoms with E-state index in [0.717, 1.165) is 11.1 Å². The molecule has 1 amide bonds. The number of carbonyl (C=O) groups excluding carboxylic acids is 1. The molecular weight excluding hydrogens is 476 g/mol. The molecule has 1 N–H and O–H groups in total. The van der Waals surface area contributed by atoms with Crippen molar-refractivity contribution in [3.8, 4) is 0 Å². The molecule has 4 aromatic rings. The lowest BCUT2D eigenvalue weighted by Crippen LogP contribution is -2.35. The molecule has 0 bridgehead atoms. The maximum absolute atomic E-state index is 13.1. The van der Waals surface area contributed by atoms with Crippen molar-refractivity contribution in [3.63, 3.8) is 0 Å². The molecule has 11 heteroatoms. The van der Waals surface area contributed by atoms with Gasteiger partial charge < -0.3 is 0 Å². The fraction of sp³-hybridized carbons (Fsp3) is 0.130. The number of nitro groups is 1. The zero-order chi connectivity index (χ0) is 23.9. The lowest BCUT2D eigenvalue weighted by molar-refractivity contribution is -0.384. The van der Waals surface area contributed by atoms with Gasteiger partial charge in [0.05, 0.1) is 20.0 Å². The number of amides is 1. The Morgan fingerprint density at radius 1 is 1.06 bits per heavy atom. The van der Waals surface area contributed by atoms with Crippen LogP contribution in [0.1, 0.15) is 21.5 Å². The number of nitrogens with one attached hydrogen (secondary N) is 1. The van der Waals surface area contributed by atoms with E-state index in [9.17, 15) is 23.3 Å². The van der Waals surface area contributed by atoms with Crippen LogP contribution in [0.5, 0.6) is 0 Å². The first-order chi connectivity index (χ1) is 16.3. The monoisotopic (exact) mass is 494 g/mol. The molecule has 0 spiro atoms. The molecule has 0 saturated carbocycles. The number of hydrogen-bond donors (Lipinski definition) is 1. The van der Waals surface area contributed by atoms with Gasteiger partial charge in [0, 0.05) is 30.8 Å². The largest absolute Gasteiger partial charge is 0.298 e. The molecule has 0 fully saturated rings. The fourth-order valence-corrected chi connectivity index (χ4v) is 6.11. The normalized spacial score (nSPS) is 14.0. The Morgan fingerprint density at radius 3 is 2.53 bits per heavy atom. The first-order valence-electron chi connectivity index (χ1n) is 10.3. The van der Waals surface area contributed by atoms with E-state index in [4.69, 9.17) is 0 Å². The summed E-state index contributed by atoms with van der Waals surface area (Å²) in [6.07, 6.45) is 0.654. The SMILES string of the molecule is O=C(Nc1nc2cc([N+](=O)[O-])ccc2s1)c1ccc(S(=O)(=O)N2CCc3ccccc3C2)cc1. The van der Waals surface area contributed by atoms with Gasteiger partial charge in [-0.2, -0.15) is 4.31 Å². The number of anilines is 1. The minimum atomic E-state index is -3.70. The van der Waals surface area contributed by atoms with Crippen molar-refractivity contribution in [2.45, 2.75) is 17.9 Å². The number of carbonyl (C=O) groups is 1. The van der Waals surface area contributed by atoms with Crippen molar-refractivity contribution >= 4 is 48.3 Å². The number of thiazole rings is 1. The number of aromatic nitrogens is 1. The number of benzene rings is 3. The molecule has 2 heterocycles. The number of hydrogen-bond acceptors (Lipinski definition) is 7. The summed E-state index contributed by atoms with van der Waals surface area (Å²) in [5, 5.41) is 13.9. The summed E-state index contributed by atoms with van der Waals surface area (Å²) in [7, 11) is -3.70. The van der Waals surface area contributed by atoms with E-state index < -0.39 is 20.9 Å². The molecule has 0 aliphatic carbocycles. The lowest BCUT2D eigenvalue weighted by atomic mass is 10.0. The van der Waals surface area contributed by atoms with Gasteiger partial charge in [-0.15, -0.1) is 0 Å². The van der Waals surface area contributed by atoms with Crippen molar-refractivity contribution in [1.82, 2.24) is 9.29 Å². The second kappa shape index (κ2) is 8.60. The van der Waals surface area contributed by atoms with E-state index in [-0.39, 0.29) is 16.1 Å². The number of nitrogens with zero attached hydrogens (tertiary/aromatic N) is 3. The highest BCUT2D eigenvalue weighted by Gasteiger charge is 2.28. The van der Waals surface area contributed by atoms with Crippen LogP contribution in [0, 0.1) is 10.1 Å². The van der Waals surface area contributed by atoms with Crippen molar-refractivity contribution in [2.24, 2.45) is 0 Å². The first-order valence-corrected chi connectivity index (χ1v) is 12.6. The Labute approximate surface area is 198 Å². The van der Waals surface area contributed by atoms with Gasteiger partial charge in [0.15, 0.2) is 5.13 Å². The van der Waals surface area contributed by atoms with Crippen LogP contribution >= 0.6 is 11.3 Å². The zero-order valence-electron chi connectivity index (χ0n) is 17.7. The van der Waals surface area contributed by atoms with Crippen LogP contribution in [0.4, 0.5) is 10.8 Å². The molecule has 0 saturated heterocycles. The standard InChI is InChI=1S/C23H18N4O5S2/c28-22(25-23-24-20-13-18(27(29)30)7-10-21(20)33-23)16-5-8-19(9-6-16)34(31,32)26-12-11-15-3-1-2-4-17(15)14-26/h1-10,13H,11-12,14H2,(H,24,25,28). The van der Waals surface area contributed by atoms with Crippen LogP contribution in [-0.2, 0) is 23.0 Å². The highest BCUT2D eigenvalue weighted by molar-refractivity contribution is 7.89. The van der Waals surface area contributed by atoms with Gasteiger partial charge in [0.25, 0.3) is 11.6 Å². The third-order valence-corrected chi connectivity index (χ3v) is 8.46.